The van der Waals surface area contributed by atoms with E-state index >= 15 is 0 Å². The highest BCUT2D eigenvalue weighted by molar-refractivity contribution is 6.42. The lowest BCUT2D eigenvalue weighted by Gasteiger charge is -2.30. The molecule has 0 atom stereocenters. The number of ketones is 1. The smallest absolute Gasteiger partial charge is 0.219 e. The number of benzene rings is 1. The molecule has 1 N–H and O–H groups in total. The van der Waals surface area contributed by atoms with Gasteiger partial charge in [-0.25, -0.2) is 0 Å². The van der Waals surface area contributed by atoms with Crippen LogP contribution in [0.4, 0.5) is 0 Å². The highest BCUT2D eigenvalue weighted by Gasteiger charge is 2.28. The van der Waals surface area contributed by atoms with E-state index in [1.165, 1.54) is 19.1 Å². The molecule has 1 amide bonds. The third-order valence-electron chi connectivity index (χ3n) is 3.62. The van der Waals surface area contributed by atoms with Crippen molar-refractivity contribution >= 4 is 34.9 Å². The van der Waals surface area contributed by atoms with Crippen LogP contribution in [0.3, 0.4) is 0 Å². The van der Waals surface area contributed by atoms with E-state index in [0.29, 0.717) is 25.9 Å². The van der Waals surface area contributed by atoms with Gasteiger partial charge in [0.15, 0.2) is 5.78 Å². The first-order valence-corrected chi connectivity index (χ1v) is 7.13. The average molecular weight is 316 g/mol. The molecule has 0 saturated carbocycles. The molecule has 1 heterocycles. The van der Waals surface area contributed by atoms with Crippen LogP contribution < -0.4 is 0 Å². The van der Waals surface area contributed by atoms with Crippen LogP contribution in [0.2, 0.25) is 10.0 Å². The molecular weight excluding hydrogens is 301 g/mol. The number of carbonyl (C=O) groups is 2. The maximum absolute atomic E-state index is 12.4. The highest BCUT2D eigenvalue weighted by Crippen LogP contribution is 2.33. The van der Waals surface area contributed by atoms with Gasteiger partial charge in [0.25, 0.3) is 0 Å². The fourth-order valence-electron chi connectivity index (χ4n) is 2.41. The molecule has 1 fully saturated rings. The van der Waals surface area contributed by atoms with Crippen LogP contribution in [0.15, 0.2) is 12.1 Å². The molecule has 20 heavy (non-hydrogen) atoms. The van der Waals surface area contributed by atoms with Gasteiger partial charge in [0.05, 0.1) is 15.6 Å². The van der Waals surface area contributed by atoms with Crippen molar-refractivity contribution in [3.05, 3.63) is 27.7 Å². The lowest BCUT2D eigenvalue weighted by Crippen LogP contribution is -2.39. The quantitative estimate of drug-likeness (QED) is 0.853. The Morgan fingerprint density at radius 3 is 2.30 bits per heavy atom. The molecule has 0 spiro atoms. The Bertz CT molecular complexity index is 552. The molecule has 4 nitrogen and oxygen atoms in total. The summed E-state index contributed by atoms with van der Waals surface area (Å²) in [5.41, 5.74) is 0.195. The van der Waals surface area contributed by atoms with Gasteiger partial charge in [-0.2, -0.15) is 0 Å². The molecule has 1 aliphatic heterocycles. The molecular formula is C14H15Cl2NO3. The second-order valence-electron chi connectivity index (χ2n) is 4.93. The zero-order chi connectivity index (χ0) is 14.9. The van der Waals surface area contributed by atoms with Crippen molar-refractivity contribution in [2.75, 3.05) is 13.1 Å². The molecule has 1 aromatic carbocycles. The third kappa shape index (κ3) is 3.07. The summed E-state index contributed by atoms with van der Waals surface area (Å²) in [6.07, 6.45) is 1.19. The minimum Gasteiger partial charge on any atom is -0.507 e. The Labute approximate surface area is 127 Å². The predicted molar refractivity (Wildman–Crippen MR) is 77.4 cm³/mol. The molecule has 108 valence electrons. The molecule has 6 heteroatoms. The first-order chi connectivity index (χ1) is 9.40. The fraction of sp³-hybridized carbons (Fsp3) is 0.429. The summed E-state index contributed by atoms with van der Waals surface area (Å²) >= 11 is 11.7. The van der Waals surface area contributed by atoms with Crippen molar-refractivity contribution in [2.45, 2.75) is 19.8 Å². The summed E-state index contributed by atoms with van der Waals surface area (Å²) in [6, 6.07) is 2.68. The Kier molecular flexibility index (Phi) is 4.55. The van der Waals surface area contributed by atoms with Crippen LogP contribution in [0.5, 0.6) is 5.75 Å². The van der Waals surface area contributed by atoms with Gasteiger partial charge in [-0.3, -0.25) is 9.59 Å². The number of phenols is 1. The monoisotopic (exact) mass is 315 g/mol. The molecule has 1 aliphatic rings. The molecule has 0 bridgehead atoms. The molecule has 0 unspecified atom stereocenters. The number of halogens is 2. The van der Waals surface area contributed by atoms with Crippen LogP contribution in [0, 0.1) is 5.92 Å². The maximum atomic E-state index is 12.4. The Morgan fingerprint density at radius 2 is 1.75 bits per heavy atom. The van der Waals surface area contributed by atoms with Crippen molar-refractivity contribution in [2.24, 2.45) is 5.92 Å². The number of Topliss-reactive ketones (excluding diaryl/α,β-unsaturated/α-hetero) is 1. The van der Waals surface area contributed by atoms with E-state index in [2.05, 4.69) is 0 Å². The van der Waals surface area contributed by atoms with Crippen molar-refractivity contribution in [3.8, 4) is 5.75 Å². The summed E-state index contributed by atoms with van der Waals surface area (Å²) in [5, 5.41) is 10.3. The fourth-order valence-corrected chi connectivity index (χ4v) is 2.73. The van der Waals surface area contributed by atoms with Crippen LogP contribution in [0.1, 0.15) is 30.1 Å². The first-order valence-electron chi connectivity index (χ1n) is 6.38. The topological polar surface area (TPSA) is 57.6 Å². The second-order valence-corrected chi connectivity index (χ2v) is 5.74. The minimum atomic E-state index is -0.200. The summed E-state index contributed by atoms with van der Waals surface area (Å²) in [6.45, 7) is 2.65. The van der Waals surface area contributed by atoms with Gasteiger partial charge in [-0.1, -0.05) is 23.2 Å². The SMILES string of the molecule is CC(=O)N1CCC(C(=O)c2cc(Cl)c(Cl)cc2O)CC1. The van der Waals surface area contributed by atoms with Crippen LogP contribution in [0.25, 0.3) is 0 Å². The van der Waals surface area contributed by atoms with Crippen molar-refractivity contribution < 1.29 is 14.7 Å². The van der Waals surface area contributed by atoms with Gasteiger partial charge in [-0.05, 0) is 18.9 Å². The highest BCUT2D eigenvalue weighted by atomic mass is 35.5. The minimum absolute atomic E-state index is 0.0216. The van der Waals surface area contributed by atoms with E-state index in [1.54, 1.807) is 4.90 Å². The zero-order valence-corrected chi connectivity index (χ0v) is 12.5. The van der Waals surface area contributed by atoms with E-state index in [9.17, 15) is 14.7 Å². The number of likely N-dealkylation sites (tertiary alicyclic amines) is 1. The zero-order valence-electron chi connectivity index (χ0n) is 11.0. The number of hydrogen-bond acceptors (Lipinski definition) is 3. The van der Waals surface area contributed by atoms with E-state index < -0.39 is 0 Å². The first kappa shape index (κ1) is 15.1. The normalized spacial score (nSPS) is 16.2. The van der Waals surface area contributed by atoms with Gasteiger partial charge in [0.1, 0.15) is 5.75 Å². The molecule has 0 aromatic heterocycles. The number of rotatable bonds is 2. The Balaban J connectivity index is 2.13. The third-order valence-corrected chi connectivity index (χ3v) is 4.34. The maximum Gasteiger partial charge on any atom is 0.219 e. The number of phenolic OH excluding ortho intramolecular Hbond substituents is 1. The number of piperidine rings is 1. The Hall–Kier alpha value is -1.26. The van der Waals surface area contributed by atoms with Crippen molar-refractivity contribution in [1.29, 1.82) is 0 Å². The van der Waals surface area contributed by atoms with Gasteiger partial charge >= 0.3 is 0 Å². The van der Waals surface area contributed by atoms with Gasteiger partial charge in [0.2, 0.25) is 5.91 Å². The lowest BCUT2D eigenvalue weighted by molar-refractivity contribution is -0.130. The molecule has 1 saturated heterocycles. The summed E-state index contributed by atoms with van der Waals surface area (Å²) in [7, 11) is 0. The summed E-state index contributed by atoms with van der Waals surface area (Å²) in [4.78, 5) is 25.4. The van der Waals surface area contributed by atoms with Crippen molar-refractivity contribution in [1.82, 2.24) is 4.90 Å². The van der Waals surface area contributed by atoms with E-state index in [1.807, 2.05) is 0 Å². The standard InChI is InChI=1S/C14H15Cl2NO3/c1-8(18)17-4-2-9(3-5-17)14(20)10-6-11(15)12(16)7-13(10)19/h6-7,9,19H,2-5H2,1H3. The van der Waals surface area contributed by atoms with Gasteiger partial charge in [0, 0.05) is 32.0 Å². The number of nitrogens with zero attached hydrogens (tertiary/aromatic N) is 1. The Morgan fingerprint density at radius 1 is 1.20 bits per heavy atom. The van der Waals surface area contributed by atoms with Crippen LogP contribution in [-0.2, 0) is 4.79 Å². The van der Waals surface area contributed by atoms with Gasteiger partial charge < -0.3 is 10.0 Å². The number of carbonyl (C=O) groups excluding carboxylic acids is 2. The largest absolute Gasteiger partial charge is 0.507 e. The summed E-state index contributed by atoms with van der Waals surface area (Å²) < 4.78 is 0. The second kappa shape index (κ2) is 6.02. The van der Waals surface area contributed by atoms with E-state index in [-0.39, 0.29) is 39.0 Å². The summed E-state index contributed by atoms with van der Waals surface area (Å²) in [5.74, 6) is -0.482. The number of aromatic hydroxyl groups is 1. The van der Waals surface area contributed by atoms with Crippen LogP contribution >= 0.6 is 23.2 Å². The number of hydrogen-bond donors (Lipinski definition) is 1. The predicted octanol–water partition coefficient (Wildman–Crippen LogP) is 3.14. The molecule has 2 rings (SSSR count). The molecule has 1 aromatic rings. The lowest BCUT2D eigenvalue weighted by atomic mass is 9.88. The van der Waals surface area contributed by atoms with Crippen molar-refractivity contribution in [3.63, 3.8) is 0 Å². The van der Waals surface area contributed by atoms with E-state index in [4.69, 9.17) is 23.2 Å². The molecule has 0 radical (unpaired) electrons. The van der Waals surface area contributed by atoms with E-state index in [0.717, 1.165) is 0 Å². The van der Waals surface area contributed by atoms with Gasteiger partial charge in [-0.15, -0.1) is 0 Å². The average Bonchev–Trinajstić information content (AvgIpc) is 2.42. The van der Waals surface area contributed by atoms with Crippen LogP contribution in [-0.4, -0.2) is 34.8 Å². The number of amides is 1. The molecule has 0 aliphatic carbocycles.